The van der Waals surface area contributed by atoms with Gasteiger partial charge in [-0.1, -0.05) is 48.5 Å². The minimum Gasteiger partial charge on any atom is -0.506 e. The topological polar surface area (TPSA) is 83.0 Å². The monoisotopic (exact) mass is 419 g/mol. The van der Waals surface area contributed by atoms with Gasteiger partial charge in [-0.15, -0.1) is 0 Å². The van der Waals surface area contributed by atoms with Crippen LogP contribution < -0.4 is 0 Å². The number of esters is 1. The lowest BCUT2D eigenvalue weighted by Crippen LogP contribution is -2.37. The molecule has 0 radical (unpaired) electrons. The second-order valence-corrected chi connectivity index (χ2v) is 7.61. The van der Waals surface area contributed by atoms with Gasteiger partial charge in [-0.2, -0.15) is 0 Å². The van der Waals surface area contributed by atoms with Crippen LogP contribution in [0, 0.1) is 0 Å². The fourth-order valence-corrected chi connectivity index (χ4v) is 3.71. The number of hydrogen-bond donors (Lipinski definition) is 1. The number of aromatic nitrogens is 1. The number of hydrogen-bond acceptors (Lipinski definition) is 6. The van der Waals surface area contributed by atoms with E-state index >= 15 is 0 Å². The van der Waals surface area contributed by atoms with Gasteiger partial charge < -0.3 is 14.7 Å². The summed E-state index contributed by atoms with van der Waals surface area (Å²) < 4.78 is 5.37. The van der Waals surface area contributed by atoms with Gasteiger partial charge in [0.25, 0.3) is 5.91 Å². The molecule has 1 amide bonds. The van der Waals surface area contributed by atoms with E-state index in [1.54, 1.807) is 29.2 Å². The number of rotatable bonds is 5. The van der Waals surface area contributed by atoms with Crippen LogP contribution >= 0.6 is 0 Å². The number of phenols is 1. The molecule has 0 bridgehead atoms. The molecule has 4 rings (SSSR count). The number of aromatic hydroxyl groups is 1. The van der Waals surface area contributed by atoms with Gasteiger partial charge in [-0.3, -0.25) is 14.5 Å². The standard InChI is InChI=1S/C24H25N3O4/c28-21-9-4-8-19-10-11-20(25-23(19)21)24(30)27-13-5-12-26(14-15-27)16-22(29)31-17-18-6-2-1-3-7-18/h1-4,6-11,28H,5,12-17H2. The molecule has 0 saturated carbocycles. The average molecular weight is 419 g/mol. The maximum Gasteiger partial charge on any atom is 0.320 e. The van der Waals surface area contributed by atoms with Crippen LogP contribution in [-0.2, 0) is 16.1 Å². The molecule has 1 aliphatic heterocycles. The zero-order valence-electron chi connectivity index (χ0n) is 17.2. The molecule has 160 valence electrons. The molecule has 0 unspecified atom stereocenters. The van der Waals surface area contributed by atoms with E-state index in [0.717, 1.165) is 23.9 Å². The lowest BCUT2D eigenvalue weighted by molar-refractivity contribution is -0.146. The van der Waals surface area contributed by atoms with Crippen molar-refractivity contribution >= 4 is 22.8 Å². The van der Waals surface area contributed by atoms with Gasteiger partial charge in [0.2, 0.25) is 0 Å². The summed E-state index contributed by atoms with van der Waals surface area (Å²) in [6, 6.07) is 18.2. The average Bonchev–Trinajstić information content (AvgIpc) is 3.03. The first-order valence-electron chi connectivity index (χ1n) is 10.4. The van der Waals surface area contributed by atoms with E-state index < -0.39 is 0 Å². The van der Waals surface area contributed by atoms with E-state index in [9.17, 15) is 14.7 Å². The molecule has 3 aromatic rings. The quantitative estimate of drug-likeness (QED) is 0.641. The Balaban J connectivity index is 1.33. The Morgan fingerprint density at radius 1 is 0.935 bits per heavy atom. The summed E-state index contributed by atoms with van der Waals surface area (Å²) in [6.07, 6.45) is 0.760. The van der Waals surface area contributed by atoms with Crippen LogP contribution in [0.1, 0.15) is 22.5 Å². The van der Waals surface area contributed by atoms with E-state index in [2.05, 4.69) is 4.98 Å². The highest BCUT2D eigenvalue weighted by molar-refractivity contribution is 5.96. The zero-order valence-corrected chi connectivity index (χ0v) is 17.2. The van der Waals surface area contributed by atoms with E-state index in [1.807, 2.05) is 41.3 Å². The molecule has 2 aromatic carbocycles. The number of benzene rings is 2. The summed E-state index contributed by atoms with van der Waals surface area (Å²) in [7, 11) is 0. The molecular formula is C24H25N3O4. The fourth-order valence-electron chi connectivity index (χ4n) is 3.71. The molecule has 0 aliphatic carbocycles. The molecule has 0 atom stereocenters. The number of nitrogens with zero attached hydrogens (tertiary/aromatic N) is 3. The number of fused-ring (bicyclic) bond motifs is 1. The Morgan fingerprint density at radius 3 is 2.61 bits per heavy atom. The molecule has 0 spiro atoms. The van der Waals surface area contributed by atoms with Crippen molar-refractivity contribution in [2.75, 3.05) is 32.7 Å². The predicted molar refractivity (Wildman–Crippen MR) is 117 cm³/mol. The molecule has 1 aromatic heterocycles. The minimum atomic E-state index is -0.268. The van der Waals surface area contributed by atoms with Crippen molar-refractivity contribution in [3.63, 3.8) is 0 Å². The van der Waals surface area contributed by atoms with Crippen LogP contribution in [0.2, 0.25) is 0 Å². The Labute approximate surface area is 180 Å². The van der Waals surface area contributed by atoms with Crippen molar-refractivity contribution in [3.05, 3.63) is 71.9 Å². The first kappa shape index (κ1) is 20.8. The van der Waals surface area contributed by atoms with Crippen LogP contribution in [0.4, 0.5) is 0 Å². The number of carbonyl (C=O) groups excluding carboxylic acids is 2. The summed E-state index contributed by atoms with van der Waals surface area (Å²) >= 11 is 0. The van der Waals surface area contributed by atoms with Crippen molar-refractivity contribution in [1.82, 2.24) is 14.8 Å². The normalized spacial score (nSPS) is 14.9. The SMILES string of the molecule is O=C(CN1CCCN(C(=O)c2ccc3cccc(O)c3n2)CC1)OCc1ccccc1. The highest BCUT2D eigenvalue weighted by Gasteiger charge is 2.23. The maximum atomic E-state index is 13.0. The van der Waals surface area contributed by atoms with Crippen LogP contribution in [-0.4, -0.2) is 64.5 Å². The van der Waals surface area contributed by atoms with E-state index in [1.165, 1.54) is 0 Å². The zero-order chi connectivity index (χ0) is 21.6. The summed E-state index contributed by atoms with van der Waals surface area (Å²) in [4.78, 5) is 33.3. The highest BCUT2D eigenvalue weighted by Crippen LogP contribution is 2.23. The molecule has 31 heavy (non-hydrogen) atoms. The van der Waals surface area contributed by atoms with Gasteiger partial charge in [0.1, 0.15) is 23.6 Å². The first-order valence-corrected chi connectivity index (χ1v) is 10.4. The minimum absolute atomic E-state index is 0.0585. The van der Waals surface area contributed by atoms with Crippen LogP contribution in [0.15, 0.2) is 60.7 Å². The van der Waals surface area contributed by atoms with Crippen LogP contribution in [0.5, 0.6) is 5.75 Å². The van der Waals surface area contributed by atoms with Gasteiger partial charge in [-0.05, 0) is 24.1 Å². The Kier molecular flexibility index (Phi) is 6.43. The van der Waals surface area contributed by atoms with E-state index in [4.69, 9.17) is 4.74 Å². The second-order valence-electron chi connectivity index (χ2n) is 7.61. The Hall–Kier alpha value is -3.45. The summed E-state index contributed by atoms with van der Waals surface area (Å²) in [5.74, 6) is -0.378. The highest BCUT2D eigenvalue weighted by atomic mass is 16.5. The lowest BCUT2D eigenvalue weighted by Gasteiger charge is -2.21. The lowest BCUT2D eigenvalue weighted by atomic mass is 10.2. The molecule has 1 aliphatic rings. The fraction of sp³-hybridized carbons (Fsp3) is 0.292. The van der Waals surface area contributed by atoms with Crippen molar-refractivity contribution in [3.8, 4) is 5.75 Å². The first-order chi connectivity index (χ1) is 15.1. The molecule has 1 saturated heterocycles. The van der Waals surface area contributed by atoms with Gasteiger partial charge in [0, 0.05) is 31.6 Å². The van der Waals surface area contributed by atoms with Crippen LogP contribution in [0.25, 0.3) is 10.9 Å². The maximum absolute atomic E-state index is 13.0. The largest absolute Gasteiger partial charge is 0.506 e. The molecule has 7 nitrogen and oxygen atoms in total. The number of phenolic OH excluding ortho intramolecular Hbond substituents is 1. The van der Waals surface area contributed by atoms with Crippen molar-refractivity contribution in [2.45, 2.75) is 13.0 Å². The summed E-state index contributed by atoms with van der Waals surface area (Å²) in [5, 5.41) is 10.8. The molecule has 2 heterocycles. The summed E-state index contributed by atoms with van der Waals surface area (Å²) in [5.41, 5.74) is 1.69. The third kappa shape index (κ3) is 5.19. The number of para-hydroxylation sites is 1. The third-order valence-electron chi connectivity index (χ3n) is 5.39. The third-order valence-corrected chi connectivity index (χ3v) is 5.39. The number of ether oxygens (including phenoxy) is 1. The number of carbonyl (C=O) groups is 2. The van der Waals surface area contributed by atoms with Gasteiger partial charge >= 0.3 is 5.97 Å². The van der Waals surface area contributed by atoms with E-state index in [0.29, 0.717) is 30.8 Å². The van der Waals surface area contributed by atoms with Crippen LogP contribution in [0.3, 0.4) is 0 Å². The molecule has 1 N–H and O–H groups in total. The van der Waals surface area contributed by atoms with Gasteiger partial charge in [-0.25, -0.2) is 4.98 Å². The van der Waals surface area contributed by atoms with Crippen molar-refractivity contribution in [2.24, 2.45) is 0 Å². The predicted octanol–water partition coefficient (Wildman–Crippen LogP) is 2.83. The molecule has 7 heteroatoms. The number of pyridine rings is 1. The van der Waals surface area contributed by atoms with Crippen molar-refractivity contribution < 1.29 is 19.4 Å². The Morgan fingerprint density at radius 2 is 1.77 bits per heavy atom. The summed E-state index contributed by atoms with van der Waals surface area (Å²) in [6.45, 7) is 2.87. The van der Waals surface area contributed by atoms with Gasteiger partial charge in [0.05, 0.1) is 6.54 Å². The molecule has 1 fully saturated rings. The number of amides is 1. The van der Waals surface area contributed by atoms with E-state index in [-0.39, 0.29) is 30.8 Å². The molecular weight excluding hydrogens is 394 g/mol. The van der Waals surface area contributed by atoms with Gasteiger partial charge in [0.15, 0.2) is 0 Å². The smallest absolute Gasteiger partial charge is 0.320 e. The van der Waals surface area contributed by atoms with Crippen molar-refractivity contribution in [1.29, 1.82) is 0 Å². The Bertz CT molecular complexity index is 1070. The second kappa shape index (κ2) is 9.57.